The van der Waals surface area contributed by atoms with Crippen molar-refractivity contribution >= 4 is 11.6 Å². The molecule has 1 aromatic carbocycles. The molecule has 2 aromatic rings. The molecule has 2 rings (SSSR count). The number of aromatic nitrogens is 2. The van der Waals surface area contributed by atoms with Gasteiger partial charge in [0.25, 0.3) is 0 Å². The van der Waals surface area contributed by atoms with Gasteiger partial charge in [-0.3, -0.25) is 0 Å². The zero-order valence-corrected chi connectivity index (χ0v) is 13.7. The Kier molecular flexibility index (Phi) is 4.37. The van der Waals surface area contributed by atoms with Crippen molar-refractivity contribution in [3.05, 3.63) is 40.8 Å². The Bertz CT molecular complexity index is 651. The van der Waals surface area contributed by atoms with Crippen LogP contribution >= 0.6 is 11.6 Å². The molecule has 4 nitrogen and oxygen atoms in total. The summed E-state index contributed by atoms with van der Waals surface area (Å²) in [5.74, 6) is 2.00. The lowest BCUT2D eigenvalue weighted by Gasteiger charge is -2.23. The van der Waals surface area contributed by atoms with E-state index in [1.807, 2.05) is 25.1 Å². The summed E-state index contributed by atoms with van der Waals surface area (Å²) in [5.41, 5.74) is 1.78. The van der Waals surface area contributed by atoms with Gasteiger partial charge in [0.15, 0.2) is 0 Å². The van der Waals surface area contributed by atoms with Crippen LogP contribution in [0.4, 0.5) is 0 Å². The Morgan fingerprint density at radius 2 is 1.90 bits per heavy atom. The van der Waals surface area contributed by atoms with E-state index in [1.54, 1.807) is 13.3 Å². The van der Waals surface area contributed by atoms with E-state index < -0.39 is 0 Å². The summed E-state index contributed by atoms with van der Waals surface area (Å²) in [6.45, 7) is 8.24. The van der Waals surface area contributed by atoms with Crippen molar-refractivity contribution in [1.82, 2.24) is 9.97 Å². The lowest BCUT2D eigenvalue weighted by molar-refractivity contribution is 0.404. The van der Waals surface area contributed by atoms with Gasteiger partial charge in [-0.05, 0) is 42.1 Å². The van der Waals surface area contributed by atoms with Gasteiger partial charge >= 0.3 is 0 Å². The van der Waals surface area contributed by atoms with Crippen LogP contribution in [0.25, 0.3) is 0 Å². The third-order valence-electron chi connectivity index (χ3n) is 3.10. The summed E-state index contributed by atoms with van der Waals surface area (Å²) < 4.78 is 11.3. The fourth-order valence-corrected chi connectivity index (χ4v) is 2.05. The van der Waals surface area contributed by atoms with Crippen molar-refractivity contribution in [2.45, 2.75) is 33.1 Å². The quantitative estimate of drug-likeness (QED) is 0.781. The monoisotopic (exact) mass is 306 g/mol. The van der Waals surface area contributed by atoms with Gasteiger partial charge in [0, 0.05) is 17.3 Å². The lowest BCUT2D eigenvalue weighted by Crippen LogP contribution is -2.13. The van der Waals surface area contributed by atoms with Crippen molar-refractivity contribution in [2.75, 3.05) is 7.11 Å². The first kappa shape index (κ1) is 15.6. The summed E-state index contributed by atoms with van der Waals surface area (Å²) >= 11 is 5.84. The zero-order valence-electron chi connectivity index (χ0n) is 12.9. The molecule has 0 spiro atoms. The van der Waals surface area contributed by atoms with E-state index in [0.29, 0.717) is 5.88 Å². The van der Waals surface area contributed by atoms with Crippen LogP contribution in [0.15, 0.2) is 24.4 Å². The molecule has 0 saturated carbocycles. The molecule has 21 heavy (non-hydrogen) atoms. The first-order valence-electron chi connectivity index (χ1n) is 6.67. The van der Waals surface area contributed by atoms with Crippen LogP contribution in [0, 0.1) is 6.92 Å². The molecule has 112 valence electrons. The predicted molar refractivity (Wildman–Crippen MR) is 83.5 cm³/mol. The Morgan fingerprint density at radius 3 is 2.52 bits per heavy atom. The van der Waals surface area contributed by atoms with Gasteiger partial charge in [0.05, 0.1) is 7.11 Å². The van der Waals surface area contributed by atoms with E-state index in [1.165, 1.54) is 0 Å². The van der Waals surface area contributed by atoms with Gasteiger partial charge in [0.2, 0.25) is 11.2 Å². The molecule has 0 atom stereocenters. The Balaban J connectivity index is 2.46. The number of benzene rings is 1. The maximum Gasteiger partial charge on any atom is 0.226 e. The molecule has 0 amide bonds. The summed E-state index contributed by atoms with van der Waals surface area (Å²) in [5, 5.41) is 0.168. The summed E-state index contributed by atoms with van der Waals surface area (Å²) in [6, 6.07) is 5.73. The highest BCUT2D eigenvalue weighted by Gasteiger charge is 2.21. The Hall–Kier alpha value is -1.81. The van der Waals surface area contributed by atoms with Gasteiger partial charge in [-0.1, -0.05) is 20.8 Å². The van der Waals surface area contributed by atoms with Gasteiger partial charge in [-0.15, -0.1) is 0 Å². The van der Waals surface area contributed by atoms with E-state index in [-0.39, 0.29) is 10.7 Å². The smallest absolute Gasteiger partial charge is 0.226 e. The van der Waals surface area contributed by atoms with E-state index in [9.17, 15) is 0 Å². The lowest BCUT2D eigenvalue weighted by atomic mass is 9.86. The highest BCUT2D eigenvalue weighted by molar-refractivity contribution is 6.28. The molecule has 0 fully saturated rings. The van der Waals surface area contributed by atoms with Crippen molar-refractivity contribution in [3.63, 3.8) is 0 Å². The number of rotatable bonds is 3. The number of halogens is 1. The highest BCUT2D eigenvalue weighted by atomic mass is 35.5. The van der Waals surface area contributed by atoms with Crippen LogP contribution in [0.2, 0.25) is 5.28 Å². The van der Waals surface area contributed by atoms with Crippen molar-refractivity contribution in [2.24, 2.45) is 0 Å². The molecule has 0 aliphatic rings. The summed E-state index contributed by atoms with van der Waals surface area (Å²) in [4.78, 5) is 8.07. The van der Waals surface area contributed by atoms with Gasteiger partial charge in [0.1, 0.15) is 11.5 Å². The predicted octanol–water partition coefficient (Wildman–Crippen LogP) is 4.54. The first-order chi connectivity index (χ1) is 9.81. The number of nitrogens with zero attached hydrogens (tertiary/aromatic N) is 2. The molecule has 5 heteroatoms. The topological polar surface area (TPSA) is 44.2 Å². The minimum Gasteiger partial charge on any atom is -0.497 e. The fraction of sp³-hybridized carbons (Fsp3) is 0.375. The molecule has 1 aromatic heterocycles. The third-order valence-corrected chi connectivity index (χ3v) is 3.28. The van der Waals surface area contributed by atoms with Crippen molar-refractivity contribution < 1.29 is 9.47 Å². The molecule has 0 saturated heterocycles. The summed E-state index contributed by atoms with van der Waals surface area (Å²) in [7, 11) is 1.65. The van der Waals surface area contributed by atoms with Gasteiger partial charge in [-0.25, -0.2) is 4.98 Å². The van der Waals surface area contributed by atoms with Crippen LogP contribution in [0.3, 0.4) is 0 Å². The standard InChI is InChI=1S/C16H19ClN2O2/c1-10-9-18-15(17)19-14(10)21-13-7-6-11(20-5)8-12(13)16(2,3)4/h6-9H,1-5H3. The van der Waals surface area contributed by atoms with Crippen LogP contribution in [0.1, 0.15) is 31.9 Å². The van der Waals surface area contributed by atoms with Crippen molar-refractivity contribution in [1.29, 1.82) is 0 Å². The number of methoxy groups -OCH3 is 1. The molecular formula is C16H19ClN2O2. The van der Waals surface area contributed by atoms with Crippen LogP contribution in [0.5, 0.6) is 17.4 Å². The second kappa shape index (κ2) is 5.90. The van der Waals surface area contributed by atoms with E-state index in [4.69, 9.17) is 21.1 Å². The minimum atomic E-state index is -0.0887. The van der Waals surface area contributed by atoms with Crippen LogP contribution in [-0.2, 0) is 5.41 Å². The molecule has 0 aliphatic heterocycles. The largest absolute Gasteiger partial charge is 0.497 e. The Morgan fingerprint density at radius 1 is 1.19 bits per heavy atom. The summed E-state index contributed by atoms with van der Waals surface area (Å²) in [6.07, 6.45) is 1.64. The average Bonchev–Trinajstić information content (AvgIpc) is 2.42. The molecule has 0 radical (unpaired) electrons. The second-order valence-electron chi connectivity index (χ2n) is 5.84. The molecule has 0 bridgehead atoms. The van der Waals surface area contributed by atoms with Gasteiger partial charge in [-0.2, -0.15) is 4.98 Å². The van der Waals surface area contributed by atoms with E-state index in [0.717, 1.165) is 22.6 Å². The third kappa shape index (κ3) is 3.64. The molecule has 0 aliphatic carbocycles. The van der Waals surface area contributed by atoms with Gasteiger partial charge < -0.3 is 9.47 Å². The number of ether oxygens (including phenoxy) is 2. The molecular weight excluding hydrogens is 288 g/mol. The highest BCUT2D eigenvalue weighted by Crippen LogP contribution is 2.37. The van der Waals surface area contributed by atoms with E-state index in [2.05, 4.69) is 30.7 Å². The molecule has 0 unspecified atom stereocenters. The number of hydrogen-bond donors (Lipinski definition) is 0. The van der Waals surface area contributed by atoms with E-state index >= 15 is 0 Å². The minimum absolute atomic E-state index is 0.0887. The van der Waals surface area contributed by atoms with Crippen LogP contribution < -0.4 is 9.47 Å². The maximum absolute atomic E-state index is 5.96. The van der Waals surface area contributed by atoms with Crippen molar-refractivity contribution in [3.8, 4) is 17.4 Å². The molecule has 1 heterocycles. The molecule has 0 N–H and O–H groups in total. The number of hydrogen-bond acceptors (Lipinski definition) is 4. The number of aryl methyl sites for hydroxylation is 1. The van der Waals surface area contributed by atoms with Crippen LogP contribution in [-0.4, -0.2) is 17.1 Å². The fourth-order valence-electron chi connectivity index (χ4n) is 1.92. The second-order valence-corrected chi connectivity index (χ2v) is 6.18. The Labute approximate surface area is 130 Å². The SMILES string of the molecule is COc1ccc(Oc2nc(Cl)ncc2C)c(C(C)(C)C)c1. The zero-order chi connectivity index (χ0) is 15.6. The first-order valence-corrected chi connectivity index (χ1v) is 7.04. The average molecular weight is 307 g/mol. The normalized spacial score (nSPS) is 11.3. The maximum atomic E-state index is 5.96.